The van der Waals surface area contributed by atoms with Crippen molar-refractivity contribution in [2.24, 2.45) is 5.41 Å². The number of aliphatic hydroxyl groups excluding tert-OH is 1. The van der Waals surface area contributed by atoms with Crippen LogP contribution in [0.5, 0.6) is 0 Å². The Morgan fingerprint density at radius 3 is 0.948 bits per heavy atom. The Morgan fingerprint density at radius 1 is 0.414 bits per heavy atom. The standard InChI is InChI=1S/C20H18.C16H14O2.C9H10O2.C9H12O.C8H10.C7H18Si.2C6H12O2.C5H8O2.C5H12.C4H8.C3H6O.C3H8.C2H6/c1-20(17-11-5-2-6-12-17,18-13-7-3-8-14-18)19-15-9-4-10-16-19;1-11(17)18-10-16-14-8-4-2-6-12(14)13-7-3-5-9-15(13)16;1-8(10)11-7-9-5-3-2-4-6-9;1-2-8-3-5-9(7-10)6-4-8;1-2-8-6-4-3-5-7-8;1-7(2,3)8(4,5)6;1-5(7)8-6(2,3)4;1-3-4-5-8-6(2)7;1-3-4-7-5(2)6;1-5(2,3)4;1-3-4-2;1-3(2)4;1-3-2;1-2/h2-16H,1H3;2-9,16H,10H2,1H3;2-6H,7H2,1H3;3-6,10H,2,7H2,1H3;3-7H,2H2,1H3;1-6H3;1-4H3;3-5H2,1-2H3;3H,1,4H2,2H3;1-4H3;3H,1,4H2,2H3;1-2H3;3H2,1-2H3;1-2H3. The van der Waals surface area contributed by atoms with E-state index >= 15 is 0 Å². The van der Waals surface area contributed by atoms with Crippen molar-refractivity contribution in [1.82, 2.24) is 0 Å². The number of benzene rings is 8. The smallest absolute Gasteiger partial charge is 0.303 e. The molecule has 642 valence electrons. The van der Waals surface area contributed by atoms with Crippen LogP contribution in [0.1, 0.15) is 262 Å². The van der Waals surface area contributed by atoms with E-state index in [1.807, 2.05) is 126 Å². The fourth-order valence-corrected chi connectivity index (χ4v) is 8.78. The van der Waals surface area contributed by atoms with Crippen LogP contribution in [-0.2, 0) is 83.9 Å². The average Bonchev–Trinajstić information content (AvgIpc) is 1.46. The molecule has 12 nitrogen and oxygen atoms in total. The Balaban J connectivity index is -0.000000397. The number of hydrogen-bond donors (Lipinski definition) is 1. The van der Waals surface area contributed by atoms with Gasteiger partial charge in [-0.1, -0.05) is 380 Å². The first kappa shape index (κ1) is 115. The van der Waals surface area contributed by atoms with E-state index in [-0.39, 0.29) is 59.2 Å². The highest BCUT2D eigenvalue weighted by atomic mass is 28.3. The van der Waals surface area contributed by atoms with Crippen LogP contribution in [0.3, 0.4) is 0 Å². The number of Topliss-reactive ketones (excluding diaryl/α,β-unsaturated/α-hetero) is 1. The molecule has 8 aromatic carbocycles. The number of aliphatic hydroxyl groups is 1. The molecule has 13 heteroatoms. The summed E-state index contributed by atoms with van der Waals surface area (Å²) in [6.07, 6.45) is 9.99. The third-order valence-corrected chi connectivity index (χ3v) is 20.3. The van der Waals surface area contributed by atoms with Crippen molar-refractivity contribution in [1.29, 1.82) is 0 Å². The van der Waals surface area contributed by atoms with Gasteiger partial charge in [-0.25, -0.2) is 0 Å². The minimum atomic E-state index is -0.859. The Morgan fingerprint density at radius 2 is 0.707 bits per heavy atom. The Kier molecular flexibility index (Phi) is 68.0. The van der Waals surface area contributed by atoms with E-state index in [4.69, 9.17) is 19.3 Å². The number of esters is 5. The highest BCUT2D eigenvalue weighted by Crippen LogP contribution is 2.45. The second-order valence-corrected chi connectivity index (χ2v) is 37.5. The fourth-order valence-electron chi connectivity index (χ4n) is 8.78. The van der Waals surface area contributed by atoms with Crippen LogP contribution in [0.25, 0.3) is 11.1 Å². The molecule has 1 aliphatic carbocycles. The molecule has 0 spiro atoms. The molecule has 1 N–H and O–H groups in total. The lowest BCUT2D eigenvalue weighted by atomic mass is 9.71. The minimum absolute atomic E-state index is 0.121. The number of ketones is 1. The maximum Gasteiger partial charge on any atom is 0.303 e. The van der Waals surface area contributed by atoms with E-state index in [0.717, 1.165) is 43.2 Å². The van der Waals surface area contributed by atoms with E-state index in [1.54, 1.807) is 0 Å². The summed E-state index contributed by atoms with van der Waals surface area (Å²) in [7, 11) is -0.859. The Hall–Kier alpha value is -9.56. The number of aryl methyl sites for hydroxylation is 2. The molecule has 0 atom stereocenters. The van der Waals surface area contributed by atoms with E-state index in [1.165, 1.54) is 111 Å². The zero-order valence-electron chi connectivity index (χ0n) is 77.2. The van der Waals surface area contributed by atoms with Crippen molar-refractivity contribution < 1.29 is 57.6 Å². The van der Waals surface area contributed by atoms with Crippen molar-refractivity contribution in [3.8, 4) is 11.1 Å². The van der Waals surface area contributed by atoms with E-state index in [0.29, 0.717) is 36.9 Å². The first-order valence-corrected chi connectivity index (χ1v) is 44.5. The zero-order valence-corrected chi connectivity index (χ0v) is 78.2. The third-order valence-electron chi connectivity index (χ3n) is 15.8. The molecule has 1 aliphatic rings. The van der Waals surface area contributed by atoms with E-state index < -0.39 is 8.07 Å². The number of carbonyl (C=O) groups excluding carboxylic acids is 6. The van der Waals surface area contributed by atoms with Crippen LogP contribution in [0, 0.1) is 5.41 Å². The van der Waals surface area contributed by atoms with Gasteiger partial charge >= 0.3 is 29.8 Å². The lowest BCUT2D eigenvalue weighted by Gasteiger charge is -2.32. The van der Waals surface area contributed by atoms with Gasteiger partial charge in [-0.3, -0.25) is 24.0 Å². The van der Waals surface area contributed by atoms with Crippen LogP contribution in [0.2, 0.25) is 24.7 Å². The van der Waals surface area contributed by atoms with Crippen LogP contribution >= 0.6 is 0 Å². The largest absolute Gasteiger partial charge is 0.466 e. The van der Waals surface area contributed by atoms with Gasteiger partial charge < -0.3 is 33.6 Å². The summed E-state index contributed by atoms with van der Waals surface area (Å²) in [6.45, 7) is 66.2. The number of allylic oxidation sites excluding steroid dienone is 1. The van der Waals surface area contributed by atoms with Crippen LogP contribution < -0.4 is 0 Å². The number of fused-ring (bicyclic) bond motifs is 3. The monoisotopic (exact) mass is 1610 g/mol. The van der Waals surface area contributed by atoms with Gasteiger partial charge in [-0.15, -0.1) is 6.58 Å². The molecule has 0 saturated heterocycles. The molecule has 0 radical (unpaired) electrons. The lowest BCUT2D eigenvalue weighted by Crippen LogP contribution is -2.32. The van der Waals surface area contributed by atoms with E-state index in [9.17, 15) is 28.8 Å². The van der Waals surface area contributed by atoms with Gasteiger partial charge in [0, 0.05) is 54.0 Å². The maximum atomic E-state index is 11.0. The normalized spacial score (nSPS) is 10.3. The van der Waals surface area contributed by atoms with E-state index in [2.05, 4.69) is 279 Å². The molecule has 0 saturated carbocycles. The maximum absolute atomic E-state index is 11.0. The molecule has 0 aliphatic heterocycles. The minimum Gasteiger partial charge on any atom is -0.466 e. The van der Waals surface area contributed by atoms with Gasteiger partial charge in [0.15, 0.2) is 0 Å². The molecule has 0 aromatic heterocycles. The number of hydrogen-bond acceptors (Lipinski definition) is 12. The molecule has 0 amide bonds. The second-order valence-electron chi connectivity index (χ2n) is 31.5. The summed E-state index contributed by atoms with van der Waals surface area (Å²) >= 11 is 0. The molecule has 0 fully saturated rings. The Labute approximate surface area is 706 Å². The molecular formula is C103H154O12Si. The highest BCUT2D eigenvalue weighted by molar-refractivity contribution is 6.78. The van der Waals surface area contributed by atoms with Crippen molar-refractivity contribution >= 4 is 43.7 Å². The molecule has 8 aromatic rings. The molecule has 0 bridgehead atoms. The van der Waals surface area contributed by atoms with Gasteiger partial charge in [0.05, 0.1) is 13.2 Å². The van der Waals surface area contributed by atoms with Crippen molar-refractivity contribution in [2.75, 3.05) is 19.8 Å². The number of carbonyl (C=O) groups is 6. The summed E-state index contributed by atoms with van der Waals surface area (Å²) < 4.78 is 23.9. The summed E-state index contributed by atoms with van der Waals surface area (Å²) in [4.78, 5) is 61.1. The van der Waals surface area contributed by atoms with Crippen molar-refractivity contribution in [3.05, 3.63) is 300 Å². The second kappa shape index (κ2) is 68.6. The predicted octanol–water partition coefficient (Wildman–Crippen LogP) is 27.4. The van der Waals surface area contributed by atoms with Gasteiger partial charge in [0.2, 0.25) is 0 Å². The lowest BCUT2D eigenvalue weighted by molar-refractivity contribution is -0.152. The van der Waals surface area contributed by atoms with Gasteiger partial charge in [-0.2, -0.15) is 0 Å². The quantitative estimate of drug-likeness (QED) is 0.0243. The van der Waals surface area contributed by atoms with Crippen molar-refractivity contribution in [2.45, 2.75) is 273 Å². The summed E-state index contributed by atoms with van der Waals surface area (Å²) in [5.41, 5.74) is 13.7. The topological polar surface area (TPSA) is 169 Å². The molecule has 116 heavy (non-hydrogen) atoms. The van der Waals surface area contributed by atoms with Crippen molar-refractivity contribution in [3.63, 3.8) is 0 Å². The first-order chi connectivity index (χ1) is 54.4. The molecule has 0 heterocycles. The molecule has 9 rings (SSSR count). The van der Waals surface area contributed by atoms with Gasteiger partial charge in [-0.05, 0) is 139 Å². The summed E-state index contributed by atoms with van der Waals surface area (Å²) in [6, 6.07) is 76.8. The predicted molar refractivity (Wildman–Crippen MR) is 497 cm³/mol. The zero-order chi connectivity index (χ0) is 89.8. The number of unbranched alkanes of at least 4 members (excludes halogenated alkanes) is 1. The van der Waals surface area contributed by atoms with Gasteiger partial charge in [0.25, 0.3) is 0 Å². The number of ether oxygens (including phenoxy) is 5. The summed E-state index contributed by atoms with van der Waals surface area (Å²) in [5.74, 6) is -0.803. The average molecular weight is 1610 g/mol. The molecular weight excluding hydrogens is 1460 g/mol. The number of rotatable bonds is 16. The first-order valence-electron chi connectivity index (χ1n) is 41.0. The highest BCUT2D eigenvalue weighted by Gasteiger charge is 2.32. The SMILES string of the molecule is C=CCC.C=CCOC(C)=O.CC.CC(=O)OC(C)(C)C.CC(=O)OCC1c2ccccc2-c2ccccc21.CC(=O)OCc1ccccc1.CC(C)(C)C.CC(C)(C)[Si](C)(C)C.CC(C)=O.CC(c1ccccc1)(c1ccccc1)c1ccccc1.CCC.CCCCOC(C)=O.CCc1ccc(CO)cc1.CCc1ccccc1. The Bertz CT molecular complexity index is 3580. The molecule has 0 unspecified atom stereocenters. The van der Waals surface area contributed by atoms with Crippen LogP contribution in [0.4, 0.5) is 0 Å². The third kappa shape index (κ3) is 63.7. The van der Waals surface area contributed by atoms with Crippen LogP contribution in [0.15, 0.2) is 250 Å². The van der Waals surface area contributed by atoms with Crippen LogP contribution in [-0.4, -0.2) is 74.2 Å². The van der Waals surface area contributed by atoms with Gasteiger partial charge in [0.1, 0.15) is 31.2 Å². The fraction of sp³-hybridized carbons (Fsp3) is 0.437. The summed E-state index contributed by atoms with van der Waals surface area (Å²) in [5, 5.41) is 9.28.